The van der Waals surface area contributed by atoms with Gasteiger partial charge in [0.2, 0.25) is 0 Å². The number of carbonyl (C=O) groups excluding carboxylic acids is 2. The fraction of sp³-hybridized carbons (Fsp3) is 0.333. The molecule has 0 N–H and O–H groups in total. The van der Waals surface area contributed by atoms with E-state index >= 15 is 0 Å². The first-order valence-corrected chi connectivity index (χ1v) is 12.6. The highest BCUT2D eigenvalue weighted by atomic mass is 35.5. The quantitative estimate of drug-likeness (QED) is 0.410. The van der Waals surface area contributed by atoms with Crippen LogP contribution in [0.3, 0.4) is 0 Å². The molecule has 9 heteroatoms. The average molecular weight is 491 g/mol. The molecule has 1 aliphatic heterocycles. The van der Waals surface area contributed by atoms with Crippen LogP contribution in [-0.2, 0) is 19.6 Å². The Kier molecular flexibility index (Phi) is 8.15. The Morgan fingerprint density at radius 1 is 1.18 bits per heavy atom. The summed E-state index contributed by atoms with van der Waals surface area (Å²) in [5.74, 6) is -0.776. The summed E-state index contributed by atoms with van der Waals surface area (Å²) in [4.78, 5) is 26.5. The van der Waals surface area contributed by atoms with Crippen LogP contribution in [0.25, 0.3) is 0 Å². The molecule has 2 aromatic carbocycles. The van der Waals surface area contributed by atoms with E-state index < -0.39 is 10.0 Å². The van der Waals surface area contributed by atoms with E-state index in [1.165, 1.54) is 28.6 Å². The number of anilines is 1. The number of benzene rings is 2. The average Bonchev–Trinajstić information content (AvgIpc) is 2.83. The number of hydrogen-bond donors (Lipinski definition) is 0. The summed E-state index contributed by atoms with van der Waals surface area (Å²) in [6, 6.07) is 12.9. The molecule has 3 rings (SSSR count). The van der Waals surface area contributed by atoms with Crippen LogP contribution in [0, 0.1) is 5.92 Å². The van der Waals surface area contributed by atoms with Crippen LogP contribution in [-0.4, -0.2) is 51.4 Å². The molecule has 0 atom stereocenters. The Morgan fingerprint density at radius 3 is 2.45 bits per heavy atom. The molecule has 0 radical (unpaired) electrons. The van der Waals surface area contributed by atoms with Gasteiger partial charge >= 0.3 is 5.97 Å². The van der Waals surface area contributed by atoms with Crippen LogP contribution in [0.4, 0.5) is 5.69 Å². The molecule has 1 saturated heterocycles. The Hall–Kier alpha value is -2.84. The van der Waals surface area contributed by atoms with Crippen LogP contribution in [0.1, 0.15) is 30.1 Å². The second kappa shape index (κ2) is 10.9. The van der Waals surface area contributed by atoms with Gasteiger partial charge in [-0.1, -0.05) is 35.9 Å². The second-order valence-electron chi connectivity index (χ2n) is 7.62. The number of rotatable bonds is 8. The molecule has 0 saturated carbocycles. The van der Waals surface area contributed by atoms with Gasteiger partial charge in [-0.15, -0.1) is 6.58 Å². The number of esters is 1. The Labute approximate surface area is 199 Å². The second-order valence-corrected chi connectivity index (χ2v) is 9.86. The monoisotopic (exact) mass is 490 g/mol. The number of para-hydroxylation sites is 1. The van der Waals surface area contributed by atoms with Crippen molar-refractivity contribution in [3.63, 3.8) is 0 Å². The van der Waals surface area contributed by atoms with Gasteiger partial charge in [0.1, 0.15) is 4.90 Å². The maximum absolute atomic E-state index is 13.5. The van der Waals surface area contributed by atoms with E-state index in [-0.39, 0.29) is 39.8 Å². The summed E-state index contributed by atoms with van der Waals surface area (Å²) < 4.78 is 33.2. The summed E-state index contributed by atoms with van der Waals surface area (Å²) in [7, 11) is -4.06. The van der Waals surface area contributed by atoms with Crippen molar-refractivity contribution in [1.82, 2.24) is 4.90 Å². The molecule has 1 aliphatic rings. The van der Waals surface area contributed by atoms with Crippen molar-refractivity contribution < 1.29 is 22.7 Å². The Balaban J connectivity index is 1.85. The number of sulfonamides is 1. The SMILES string of the molecule is C=CCN(c1ccccc1)S(=O)(=O)c1cc(C(=O)N2CCC(C(=O)OCC)CC2)ccc1Cl. The smallest absolute Gasteiger partial charge is 0.309 e. The van der Waals surface area contributed by atoms with Gasteiger partial charge in [-0.2, -0.15) is 0 Å². The first-order chi connectivity index (χ1) is 15.8. The predicted octanol–water partition coefficient (Wildman–Crippen LogP) is 4.14. The van der Waals surface area contributed by atoms with Gasteiger partial charge in [0, 0.05) is 18.7 Å². The number of halogens is 1. The van der Waals surface area contributed by atoms with Gasteiger partial charge in [-0.05, 0) is 50.1 Å². The fourth-order valence-corrected chi connectivity index (χ4v) is 5.71. The first kappa shape index (κ1) is 24.8. The van der Waals surface area contributed by atoms with E-state index in [2.05, 4.69) is 6.58 Å². The third-order valence-corrected chi connectivity index (χ3v) is 7.76. The molecular formula is C24H27ClN2O5S. The Morgan fingerprint density at radius 2 is 1.85 bits per heavy atom. The van der Waals surface area contributed by atoms with Gasteiger partial charge in [0.15, 0.2) is 0 Å². The van der Waals surface area contributed by atoms with E-state index in [0.717, 1.165) is 0 Å². The molecule has 0 aromatic heterocycles. The lowest BCUT2D eigenvalue weighted by molar-refractivity contribution is -0.149. The highest BCUT2D eigenvalue weighted by Crippen LogP contribution is 2.30. The van der Waals surface area contributed by atoms with Crippen molar-refractivity contribution in [2.24, 2.45) is 5.92 Å². The zero-order chi connectivity index (χ0) is 24.0. The minimum Gasteiger partial charge on any atom is -0.466 e. The van der Waals surface area contributed by atoms with Gasteiger partial charge in [0.25, 0.3) is 15.9 Å². The van der Waals surface area contributed by atoms with Crippen molar-refractivity contribution in [1.29, 1.82) is 0 Å². The molecular weight excluding hydrogens is 464 g/mol. The van der Waals surface area contributed by atoms with Gasteiger partial charge in [-0.25, -0.2) is 8.42 Å². The zero-order valence-corrected chi connectivity index (χ0v) is 20.0. The topological polar surface area (TPSA) is 84.0 Å². The van der Waals surface area contributed by atoms with Crippen molar-refractivity contribution in [2.75, 3.05) is 30.5 Å². The lowest BCUT2D eigenvalue weighted by Gasteiger charge is -2.31. The lowest BCUT2D eigenvalue weighted by atomic mass is 9.96. The summed E-state index contributed by atoms with van der Waals surface area (Å²) in [6.45, 7) is 6.57. The summed E-state index contributed by atoms with van der Waals surface area (Å²) in [5.41, 5.74) is 0.686. The number of piperidine rings is 1. The third-order valence-electron chi connectivity index (χ3n) is 5.49. The van der Waals surface area contributed by atoms with E-state index in [9.17, 15) is 18.0 Å². The number of likely N-dealkylation sites (tertiary alicyclic amines) is 1. The predicted molar refractivity (Wildman–Crippen MR) is 128 cm³/mol. The summed E-state index contributed by atoms with van der Waals surface area (Å²) >= 11 is 6.28. The molecule has 0 spiro atoms. The molecule has 1 heterocycles. The first-order valence-electron chi connectivity index (χ1n) is 10.7. The molecule has 176 valence electrons. The minimum absolute atomic E-state index is 0.0255. The van der Waals surface area contributed by atoms with Crippen LogP contribution in [0.5, 0.6) is 0 Å². The molecule has 1 fully saturated rings. The summed E-state index contributed by atoms with van der Waals surface area (Å²) in [6.07, 6.45) is 2.50. The molecule has 2 aromatic rings. The van der Waals surface area contributed by atoms with Gasteiger partial charge in [-0.3, -0.25) is 13.9 Å². The molecule has 0 unspecified atom stereocenters. The number of ether oxygens (including phenoxy) is 1. The van der Waals surface area contributed by atoms with Crippen LogP contribution in [0.15, 0.2) is 66.1 Å². The van der Waals surface area contributed by atoms with E-state index in [4.69, 9.17) is 16.3 Å². The molecule has 33 heavy (non-hydrogen) atoms. The lowest BCUT2D eigenvalue weighted by Crippen LogP contribution is -2.40. The minimum atomic E-state index is -4.06. The zero-order valence-electron chi connectivity index (χ0n) is 18.4. The molecule has 0 aliphatic carbocycles. The van der Waals surface area contributed by atoms with Crippen molar-refractivity contribution >= 4 is 39.2 Å². The van der Waals surface area contributed by atoms with Crippen molar-refractivity contribution in [3.05, 3.63) is 71.8 Å². The van der Waals surface area contributed by atoms with Crippen molar-refractivity contribution in [3.8, 4) is 0 Å². The molecule has 7 nitrogen and oxygen atoms in total. The van der Waals surface area contributed by atoms with Gasteiger partial charge in [0.05, 0.1) is 29.8 Å². The molecule has 1 amide bonds. The largest absolute Gasteiger partial charge is 0.466 e. The number of hydrogen-bond acceptors (Lipinski definition) is 5. The number of carbonyl (C=O) groups is 2. The standard InChI is InChI=1S/C24H27ClN2O5S/c1-3-14-27(20-8-6-5-7-9-20)33(30,31)22-17-19(10-11-21(22)25)23(28)26-15-12-18(13-16-26)24(29)32-4-2/h3,5-11,17-18H,1,4,12-16H2,2H3. The highest BCUT2D eigenvalue weighted by molar-refractivity contribution is 7.93. The van der Waals surface area contributed by atoms with Gasteiger partial charge < -0.3 is 9.64 Å². The van der Waals surface area contributed by atoms with Crippen LogP contribution < -0.4 is 4.31 Å². The maximum Gasteiger partial charge on any atom is 0.309 e. The fourth-order valence-electron chi connectivity index (χ4n) is 3.77. The summed E-state index contributed by atoms with van der Waals surface area (Å²) in [5, 5.41) is 0.0255. The van der Waals surface area contributed by atoms with Crippen molar-refractivity contribution in [2.45, 2.75) is 24.7 Å². The van der Waals surface area contributed by atoms with Crippen LogP contribution >= 0.6 is 11.6 Å². The van der Waals surface area contributed by atoms with Crippen LogP contribution in [0.2, 0.25) is 5.02 Å². The normalized spacial score (nSPS) is 14.5. The molecule has 0 bridgehead atoms. The maximum atomic E-state index is 13.5. The van der Waals surface area contributed by atoms with E-state index in [0.29, 0.717) is 38.2 Å². The Bertz CT molecular complexity index is 1110. The third kappa shape index (κ3) is 5.57. The van der Waals surface area contributed by atoms with E-state index in [1.807, 2.05) is 0 Å². The highest BCUT2D eigenvalue weighted by Gasteiger charge is 2.31. The number of amides is 1. The number of nitrogens with zero attached hydrogens (tertiary/aromatic N) is 2. The van der Waals surface area contributed by atoms with E-state index in [1.54, 1.807) is 42.2 Å².